The standard InChI is InChI=1S/C21H24N2O2/c22-21(20(24)25-15-17-9-5-2-6-10-17)18-11-19(21)14-23(13-18)12-16-7-3-1-4-8-16/h1-10,18-19H,11-15,22H2. The number of esters is 1. The number of carbonyl (C=O) groups is 1. The van der Waals surface area contributed by atoms with Gasteiger partial charge in [-0.05, 0) is 17.5 Å². The van der Waals surface area contributed by atoms with E-state index in [2.05, 4.69) is 29.2 Å². The molecule has 2 bridgehead atoms. The minimum absolute atomic E-state index is 0.193. The number of fused-ring (bicyclic) bond motifs is 2. The first-order valence-electron chi connectivity index (χ1n) is 8.92. The fourth-order valence-electron chi connectivity index (χ4n) is 4.21. The van der Waals surface area contributed by atoms with Crippen LogP contribution < -0.4 is 5.73 Å². The van der Waals surface area contributed by atoms with Crippen LogP contribution in [-0.4, -0.2) is 29.5 Å². The van der Waals surface area contributed by atoms with Gasteiger partial charge in [-0.15, -0.1) is 0 Å². The normalized spacial score (nSPS) is 28.2. The fourth-order valence-corrected chi connectivity index (χ4v) is 4.21. The average molecular weight is 336 g/mol. The Kier molecular flexibility index (Phi) is 4.32. The van der Waals surface area contributed by atoms with Gasteiger partial charge in [-0.1, -0.05) is 60.7 Å². The molecule has 2 atom stereocenters. The maximum absolute atomic E-state index is 12.6. The quantitative estimate of drug-likeness (QED) is 0.853. The van der Waals surface area contributed by atoms with Crippen LogP contribution in [0.3, 0.4) is 0 Å². The van der Waals surface area contributed by atoms with Crippen molar-refractivity contribution in [2.45, 2.75) is 25.1 Å². The molecule has 1 saturated carbocycles. The molecule has 1 aliphatic carbocycles. The molecule has 2 N–H and O–H groups in total. The van der Waals surface area contributed by atoms with Crippen LogP contribution in [0.5, 0.6) is 0 Å². The van der Waals surface area contributed by atoms with E-state index < -0.39 is 5.54 Å². The summed E-state index contributed by atoms with van der Waals surface area (Å²) in [6, 6.07) is 20.2. The van der Waals surface area contributed by atoms with Crippen molar-refractivity contribution in [2.24, 2.45) is 17.6 Å². The average Bonchev–Trinajstić information content (AvgIpc) is 2.67. The largest absolute Gasteiger partial charge is 0.459 e. The van der Waals surface area contributed by atoms with Gasteiger partial charge >= 0.3 is 5.97 Å². The van der Waals surface area contributed by atoms with Crippen molar-refractivity contribution in [3.8, 4) is 0 Å². The van der Waals surface area contributed by atoms with Crippen LogP contribution in [0.25, 0.3) is 0 Å². The zero-order valence-electron chi connectivity index (χ0n) is 14.3. The number of benzene rings is 2. The molecule has 2 heterocycles. The molecular weight excluding hydrogens is 312 g/mol. The highest BCUT2D eigenvalue weighted by atomic mass is 16.5. The zero-order valence-corrected chi connectivity index (χ0v) is 14.3. The summed E-state index contributed by atoms with van der Waals surface area (Å²) in [5, 5.41) is 0. The van der Waals surface area contributed by atoms with Gasteiger partial charge in [0.05, 0.1) is 0 Å². The van der Waals surface area contributed by atoms with Crippen LogP contribution in [-0.2, 0) is 22.7 Å². The predicted molar refractivity (Wildman–Crippen MR) is 96.5 cm³/mol. The van der Waals surface area contributed by atoms with Crippen LogP contribution >= 0.6 is 0 Å². The van der Waals surface area contributed by atoms with Gasteiger partial charge in [0.1, 0.15) is 12.1 Å². The molecule has 3 fully saturated rings. The van der Waals surface area contributed by atoms with E-state index in [0.717, 1.165) is 31.6 Å². The molecule has 0 radical (unpaired) electrons. The Morgan fingerprint density at radius 1 is 1.00 bits per heavy atom. The predicted octanol–water partition coefficient (Wildman–Crippen LogP) is 2.58. The molecular formula is C21H24N2O2. The Morgan fingerprint density at radius 2 is 1.56 bits per heavy atom. The first-order valence-corrected chi connectivity index (χ1v) is 8.92. The smallest absolute Gasteiger partial charge is 0.327 e. The Morgan fingerprint density at radius 3 is 2.16 bits per heavy atom. The molecule has 0 aromatic heterocycles. The number of nitrogens with zero attached hydrogens (tertiary/aromatic N) is 1. The highest BCUT2D eigenvalue weighted by Crippen LogP contribution is 2.48. The second-order valence-corrected chi connectivity index (χ2v) is 7.30. The van der Waals surface area contributed by atoms with Crippen molar-refractivity contribution >= 4 is 5.97 Å². The molecule has 4 heteroatoms. The van der Waals surface area contributed by atoms with Gasteiger partial charge in [-0.3, -0.25) is 9.69 Å². The lowest BCUT2D eigenvalue weighted by molar-refractivity contribution is -0.173. The number of ether oxygens (including phenoxy) is 1. The highest BCUT2D eigenvalue weighted by Gasteiger charge is 2.61. The van der Waals surface area contributed by atoms with Gasteiger partial charge in [0.25, 0.3) is 0 Å². The van der Waals surface area contributed by atoms with Gasteiger partial charge in [0.15, 0.2) is 0 Å². The SMILES string of the molecule is NC1(C(=O)OCc2ccccc2)C2CC1CN(Cc1ccccc1)C2. The lowest BCUT2D eigenvalue weighted by Crippen LogP contribution is -2.75. The van der Waals surface area contributed by atoms with Crippen molar-refractivity contribution in [1.82, 2.24) is 4.90 Å². The van der Waals surface area contributed by atoms with E-state index in [1.54, 1.807) is 0 Å². The first-order chi connectivity index (χ1) is 12.2. The van der Waals surface area contributed by atoms with Crippen LogP contribution in [0.1, 0.15) is 17.5 Å². The maximum atomic E-state index is 12.6. The monoisotopic (exact) mass is 336 g/mol. The number of hydrogen-bond donors (Lipinski definition) is 1. The van der Waals surface area contributed by atoms with Gasteiger partial charge in [-0.25, -0.2) is 0 Å². The minimum Gasteiger partial charge on any atom is -0.459 e. The summed E-state index contributed by atoms with van der Waals surface area (Å²) in [6.07, 6.45) is 1.03. The highest BCUT2D eigenvalue weighted by molar-refractivity contribution is 5.83. The van der Waals surface area contributed by atoms with Crippen LogP contribution in [0.4, 0.5) is 0 Å². The summed E-state index contributed by atoms with van der Waals surface area (Å²) in [5.41, 5.74) is 8.01. The van der Waals surface area contributed by atoms with Crippen LogP contribution in [0.2, 0.25) is 0 Å². The molecule has 0 spiro atoms. The van der Waals surface area contributed by atoms with Gasteiger partial charge in [-0.2, -0.15) is 0 Å². The lowest BCUT2D eigenvalue weighted by Gasteiger charge is -2.58. The van der Waals surface area contributed by atoms with Crippen LogP contribution in [0, 0.1) is 11.8 Å². The van der Waals surface area contributed by atoms with E-state index in [4.69, 9.17) is 10.5 Å². The Labute approximate surface area is 148 Å². The topological polar surface area (TPSA) is 55.6 Å². The molecule has 2 aromatic rings. The van der Waals surface area contributed by atoms with E-state index in [9.17, 15) is 4.79 Å². The molecule has 4 nitrogen and oxygen atoms in total. The van der Waals surface area contributed by atoms with E-state index in [1.165, 1.54) is 5.56 Å². The third-order valence-corrected chi connectivity index (χ3v) is 5.69. The van der Waals surface area contributed by atoms with Crippen molar-refractivity contribution in [1.29, 1.82) is 0 Å². The van der Waals surface area contributed by atoms with Crippen molar-refractivity contribution in [3.63, 3.8) is 0 Å². The van der Waals surface area contributed by atoms with Gasteiger partial charge in [0.2, 0.25) is 0 Å². The molecule has 0 amide bonds. The Balaban J connectivity index is 1.35. The second-order valence-electron chi connectivity index (χ2n) is 7.30. The minimum atomic E-state index is -0.804. The molecule has 2 aromatic carbocycles. The first kappa shape index (κ1) is 16.3. The van der Waals surface area contributed by atoms with Crippen LogP contribution in [0.15, 0.2) is 60.7 Å². The molecule has 3 aliphatic rings. The Bertz CT molecular complexity index is 720. The molecule has 5 rings (SSSR count). The molecule has 130 valence electrons. The number of piperidine rings is 2. The van der Waals surface area contributed by atoms with Crippen molar-refractivity contribution in [3.05, 3.63) is 71.8 Å². The number of rotatable bonds is 5. The lowest BCUT2D eigenvalue weighted by atomic mass is 9.56. The second kappa shape index (κ2) is 6.62. The summed E-state index contributed by atoms with van der Waals surface area (Å²) >= 11 is 0. The van der Waals surface area contributed by atoms with Gasteiger partial charge in [0, 0.05) is 31.5 Å². The summed E-state index contributed by atoms with van der Waals surface area (Å²) in [4.78, 5) is 15.0. The zero-order chi connectivity index (χ0) is 17.3. The van der Waals surface area contributed by atoms with E-state index in [-0.39, 0.29) is 17.8 Å². The van der Waals surface area contributed by atoms with E-state index in [1.807, 2.05) is 36.4 Å². The third-order valence-electron chi connectivity index (χ3n) is 5.69. The molecule has 2 unspecified atom stereocenters. The van der Waals surface area contributed by atoms with E-state index >= 15 is 0 Å². The third kappa shape index (κ3) is 3.08. The molecule has 2 aliphatic heterocycles. The van der Waals surface area contributed by atoms with Crippen molar-refractivity contribution < 1.29 is 9.53 Å². The summed E-state index contributed by atoms with van der Waals surface area (Å²) in [6.45, 7) is 2.94. The maximum Gasteiger partial charge on any atom is 0.327 e. The van der Waals surface area contributed by atoms with E-state index in [0.29, 0.717) is 6.61 Å². The summed E-state index contributed by atoms with van der Waals surface area (Å²) in [5.74, 6) is 0.147. The molecule has 2 saturated heterocycles. The number of nitrogens with two attached hydrogens (primary N) is 1. The molecule has 25 heavy (non-hydrogen) atoms. The summed E-state index contributed by atoms with van der Waals surface area (Å²) in [7, 11) is 0. The van der Waals surface area contributed by atoms with Crippen molar-refractivity contribution in [2.75, 3.05) is 13.1 Å². The van der Waals surface area contributed by atoms with Gasteiger partial charge < -0.3 is 10.5 Å². The fraction of sp³-hybridized carbons (Fsp3) is 0.381. The number of hydrogen-bond acceptors (Lipinski definition) is 4. The Hall–Kier alpha value is -2.17. The number of carbonyl (C=O) groups excluding carboxylic acids is 1. The summed E-state index contributed by atoms with van der Waals surface area (Å²) < 4.78 is 5.54.